The van der Waals surface area contributed by atoms with Gasteiger partial charge < -0.3 is 0 Å². The summed E-state index contributed by atoms with van der Waals surface area (Å²) in [6.45, 7) is 5.16. The molecule has 1 aromatic rings. The van der Waals surface area contributed by atoms with E-state index in [1.54, 1.807) is 12.1 Å². The molecule has 0 nitrogen and oxygen atoms in total. The second-order valence-corrected chi connectivity index (χ2v) is 2.23. The molecule has 0 N–H and O–H groups in total. The molecule has 0 aromatic heterocycles. The summed E-state index contributed by atoms with van der Waals surface area (Å²) in [5, 5.41) is -0.0156. The Balaban J connectivity index is 3.15. The molecule has 2 heteroatoms. The van der Waals surface area contributed by atoms with Crippen LogP contribution in [0.25, 0.3) is 5.03 Å². The predicted octanol–water partition coefficient (Wildman–Crippen LogP) is 2.84. The normalized spacial score (nSPS) is 9.40. The van der Waals surface area contributed by atoms with Gasteiger partial charge in [0.15, 0.2) is 0 Å². The van der Waals surface area contributed by atoms with Gasteiger partial charge in [-0.1, -0.05) is 29.8 Å². The first-order valence-electron chi connectivity index (χ1n) is 2.74. The first-order chi connectivity index (χ1) is 4.72. The van der Waals surface area contributed by atoms with E-state index >= 15 is 0 Å². The molecule has 10 heavy (non-hydrogen) atoms. The van der Waals surface area contributed by atoms with Gasteiger partial charge in [0, 0.05) is 5.56 Å². The molecule has 0 amide bonds. The summed E-state index contributed by atoms with van der Waals surface area (Å²) in [5.74, 6) is -0.394. The lowest BCUT2D eigenvalue weighted by atomic mass is 10.2. The fraction of sp³-hybridized carbons (Fsp3) is 0. The zero-order valence-corrected chi connectivity index (χ0v) is 5.90. The van der Waals surface area contributed by atoms with Gasteiger partial charge in [-0.3, -0.25) is 0 Å². The Morgan fingerprint density at radius 3 is 2.40 bits per heavy atom. The monoisotopic (exact) mass is 155 g/mol. The van der Waals surface area contributed by atoms with Crippen molar-refractivity contribution >= 4 is 16.6 Å². The Bertz CT molecular complexity index is 255. The van der Waals surface area contributed by atoms with Gasteiger partial charge >= 0.3 is 0 Å². The number of rotatable bonds is 1. The van der Waals surface area contributed by atoms with Crippen LogP contribution < -0.4 is 0 Å². The van der Waals surface area contributed by atoms with Crippen molar-refractivity contribution in [2.45, 2.75) is 0 Å². The molecule has 0 spiro atoms. The molecule has 1 rings (SSSR count). The van der Waals surface area contributed by atoms with Gasteiger partial charge in [-0.05, 0) is 12.6 Å². The van der Waals surface area contributed by atoms with Crippen molar-refractivity contribution < 1.29 is 4.39 Å². The van der Waals surface area contributed by atoms with Gasteiger partial charge in [0.1, 0.15) is 5.82 Å². The number of halogens is 2. The largest absolute Gasteiger partial charge is 0.206 e. The number of benzene rings is 1. The minimum Gasteiger partial charge on any atom is -0.206 e. The lowest BCUT2D eigenvalue weighted by Crippen LogP contribution is -1.81. The van der Waals surface area contributed by atoms with Crippen LogP contribution >= 0.6 is 11.6 Å². The molecule has 0 aliphatic heterocycles. The quantitative estimate of drug-likeness (QED) is 0.585. The minimum absolute atomic E-state index is 0.0156. The lowest BCUT2D eigenvalue weighted by molar-refractivity contribution is 0.625. The summed E-state index contributed by atoms with van der Waals surface area (Å²) >= 11 is 5.36. The van der Waals surface area contributed by atoms with Gasteiger partial charge in [-0.25, -0.2) is 4.39 Å². The van der Waals surface area contributed by atoms with Crippen molar-refractivity contribution in [1.29, 1.82) is 0 Å². The van der Waals surface area contributed by atoms with Crippen molar-refractivity contribution in [3.8, 4) is 0 Å². The molecule has 0 saturated carbocycles. The Hall–Kier alpha value is -0.820. The van der Waals surface area contributed by atoms with E-state index in [2.05, 4.69) is 0 Å². The third-order valence-electron chi connectivity index (χ3n) is 1.13. The molecular formula is C8H5ClF. The highest BCUT2D eigenvalue weighted by atomic mass is 35.5. The topological polar surface area (TPSA) is 0 Å². The molecule has 0 heterocycles. The first kappa shape index (κ1) is 7.29. The van der Waals surface area contributed by atoms with E-state index in [1.165, 1.54) is 12.1 Å². The molecule has 1 radical (unpaired) electrons. The smallest absolute Gasteiger partial charge is 0.131 e. The molecule has 0 aliphatic rings. The summed E-state index contributed by atoms with van der Waals surface area (Å²) < 4.78 is 12.7. The van der Waals surface area contributed by atoms with Crippen LogP contribution in [0.5, 0.6) is 0 Å². The predicted molar refractivity (Wildman–Crippen MR) is 40.0 cm³/mol. The lowest BCUT2D eigenvalue weighted by Gasteiger charge is -1.96. The number of hydrogen-bond acceptors (Lipinski definition) is 0. The van der Waals surface area contributed by atoms with Crippen LogP contribution in [0.15, 0.2) is 24.3 Å². The summed E-state index contributed by atoms with van der Waals surface area (Å²) in [6.07, 6.45) is 0. The summed E-state index contributed by atoms with van der Waals surface area (Å²) in [5.41, 5.74) is 0.254. The molecule has 0 bridgehead atoms. The average Bonchev–Trinajstić information content (AvgIpc) is 1.88. The third kappa shape index (κ3) is 1.36. The molecule has 0 fully saturated rings. The highest BCUT2D eigenvalue weighted by Crippen LogP contribution is 2.18. The van der Waals surface area contributed by atoms with E-state index in [0.717, 1.165) is 0 Å². The molecule has 0 atom stereocenters. The second-order valence-electron chi connectivity index (χ2n) is 1.83. The molecule has 1 aromatic carbocycles. The van der Waals surface area contributed by atoms with Crippen molar-refractivity contribution in [3.05, 3.63) is 42.2 Å². The van der Waals surface area contributed by atoms with E-state index in [1.807, 2.05) is 0 Å². The molecule has 0 aliphatic carbocycles. The zero-order chi connectivity index (χ0) is 7.56. The average molecular weight is 156 g/mol. The number of hydrogen-bond donors (Lipinski definition) is 0. The van der Waals surface area contributed by atoms with Crippen molar-refractivity contribution in [2.24, 2.45) is 0 Å². The van der Waals surface area contributed by atoms with Gasteiger partial charge in [-0.2, -0.15) is 0 Å². The Morgan fingerprint density at radius 1 is 1.40 bits per heavy atom. The SMILES string of the molecule is [CH]=C(Cl)c1ccccc1F. The third-order valence-corrected chi connectivity index (χ3v) is 1.33. The molecule has 51 valence electrons. The summed E-state index contributed by atoms with van der Waals surface area (Å²) in [4.78, 5) is 0. The standard InChI is InChI=1S/C8H5ClF/c1-6(9)7-4-2-3-5-8(7)10/h1-5H. The highest BCUT2D eigenvalue weighted by molar-refractivity contribution is 6.47. The Kier molecular flexibility index (Phi) is 2.07. The minimum atomic E-state index is -0.394. The van der Waals surface area contributed by atoms with E-state index in [0.29, 0.717) is 0 Å². The fourth-order valence-corrected chi connectivity index (χ4v) is 0.808. The van der Waals surface area contributed by atoms with Crippen LogP contribution in [-0.4, -0.2) is 0 Å². The maximum atomic E-state index is 12.7. The van der Waals surface area contributed by atoms with Crippen molar-refractivity contribution in [2.75, 3.05) is 0 Å². The molecule has 0 unspecified atom stereocenters. The van der Waals surface area contributed by atoms with Crippen LogP contribution in [0.3, 0.4) is 0 Å². The molecule has 0 saturated heterocycles. The van der Waals surface area contributed by atoms with Gasteiger partial charge in [0.2, 0.25) is 0 Å². The van der Waals surface area contributed by atoms with Crippen LogP contribution in [0.2, 0.25) is 0 Å². The maximum absolute atomic E-state index is 12.7. The van der Waals surface area contributed by atoms with Gasteiger partial charge in [0.05, 0.1) is 5.03 Å². The fourth-order valence-electron chi connectivity index (χ4n) is 0.655. The Labute approximate surface area is 63.9 Å². The first-order valence-corrected chi connectivity index (χ1v) is 3.12. The van der Waals surface area contributed by atoms with E-state index in [4.69, 9.17) is 18.2 Å². The van der Waals surface area contributed by atoms with Crippen LogP contribution in [-0.2, 0) is 0 Å². The van der Waals surface area contributed by atoms with E-state index in [-0.39, 0.29) is 10.6 Å². The second kappa shape index (κ2) is 2.84. The van der Waals surface area contributed by atoms with E-state index in [9.17, 15) is 4.39 Å². The zero-order valence-electron chi connectivity index (χ0n) is 5.14. The van der Waals surface area contributed by atoms with Gasteiger partial charge in [-0.15, -0.1) is 0 Å². The maximum Gasteiger partial charge on any atom is 0.131 e. The Morgan fingerprint density at radius 2 is 2.00 bits per heavy atom. The van der Waals surface area contributed by atoms with Crippen LogP contribution in [0.4, 0.5) is 4.39 Å². The van der Waals surface area contributed by atoms with Crippen LogP contribution in [0, 0.1) is 12.4 Å². The van der Waals surface area contributed by atoms with Gasteiger partial charge in [0.25, 0.3) is 0 Å². The van der Waals surface area contributed by atoms with Crippen molar-refractivity contribution in [1.82, 2.24) is 0 Å². The molecular weight excluding hydrogens is 151 g/mol. The van der Waals surface area contributed by atoms with E-state index < -0.39 is 5.82 Å². The van der Waals surface area contributed by atoms with Crippen LogP contribution in [0.1, 0.15) is 5.56 Å². The van der Waals surface area contributed by atoms with Crippen molar-refractivity contribution in [3.63, 3.8) is 0 Å². The summed E-state index contributed by atoms with van der Waals surface area (Å²) in [7, 11) is 0. The summed E-state index contributed by atoms with van der Waals surface area (Å²) in [6, 6.07) is 6.09. The highest BCUT2D eigenvalue weighted by Gasteiger charge is 2.00.